The number of benzene rings is 2. The third-order valence-corrected chi connectivity index (χ3v) is 7.10. The highest BCUT2D eigenvalue weighted by atomic mass is 32.2. The van der Waals surface area contributed by atoms with Crippen LogP contribution < -0.4 is 10.4 Å². The van der Waals surface area contributed by atoms with Crippen LogP contribution in [0.2, 0.25) is 0 Å². The Balaban J connectivity index is 1.34. The average Bonchev–Trinajstić information content (AvgIpc) is 2.88. The van der Waals surface area contributed by atoms with Crippen molar-refractivity contribution in [1.29, 1.82) is 0 Å². The number of ether oxygens (including phenoxy) is 1. The van der Waals surface area contributed by atoms with E-state index in [0.29, 0.717) is 17.9 Å². The molecule has 0 saturated carbocycles. The summed E-state index contributed by atoms with van der Waals surface area (Å²) in [6, 6.07) is 19.6. The highest BCUT2D eigenvalue weighted by Gasteiger charge is 2.16. The van der Waals surface area contributed by atoms with E-state index in [0.717, 1.165) is 23.5 Å². The standard InChI is InChI=1S/C29H28FNO4S/c1-20(18-36-19-21-6-3-2-4-7-21)9-11-24-26(32)15-28(35-29(24)33)23-10-12-27(25(30)14-23)34-17-22-8-5-13-31-16-22/h2-8,10,12-16,20,32H,9,11,17-19H2,1H3. The third kappa shape index (κ3) is 6.98. The van der Waals surface area contributed by atoms with E-state index in [1.165, 1.54) is 23.8 Å². The Kier molecular flexibility index (Phi) is 8.79. The maximum absolute atomic E-state index is 14.6. The molecule has 0 fully saturated rings. The van der Waals surface area contributed by atoms with Gasteiger partial charge in [0.15, 0.2) is 11.6 Å². The monoisotopic (exact) mass is 505 g/mol. The van der Waals surface area contributed by atoms with Crippen molar-refractivity contribution in [2.45, 2.75) is 32.1 Å². The number of nitrogens with zero attached hydrogens (tertiary/aromatic N) is 1. The fraction of sp³-hybridized carbons (Fsp3) is 0.241. The van der Waals surface area contributed by atoms with E-state index in [2.05, 4.69) is 24.0 Å². The average molecular weight is 506 g/mol. The van der Waals surface area contributed by atoms with Crippen molar-refractivity contribution < 1.29 is 18.7 Å². The summed E-state index contributed by atoms with van der Waals surface area (Å²) < 4.78 is 25.6. The first-order chi connectivity index (χ1) is 17.5. The number of hydrogen-bond acceptors (Lipinski definition) is 6. The minimum absolute atomic E-state index is 0.0740. The number of aromatic hydroxyl groups is 1. The lowest BCUT2D eigenvalue weighted by atomic mass is 10.0. The molecule has 1 N–H and O–H groups in total. The number of pyridine rings is 1. The molecule has 1 unspecified atom stereocenters. The SMILES string of the molecule is CC(CCc1c(O)cc(-c2ccc(OCc3cccnc3)c(F)c2)oc1=O)CSCc1ccccc1. The van der Waals surface area contributed by atoms with Gasteiger partial charge in [-0.05, 0) is 54.3 Å². The lowest BCUT2D eigenvalue weighted by molar-refractivity contribution is 0.290. The lowest BCUT2D eigenvalue weighted by Gasteiger charge is -2.12. The summed E-state index contributed by atoms with van der Waals surface area (Å²) in [5, 5.41) is 10.5. The van der Waals surface area contributed by atoms with Gasteiger partial charge in [0.2, 0.25) is 0 Å². The molecule has 2 aromatic carbocycles. The number of rotatable bonds is 11. The summed E-state index contributed by atoms with van der Waals surface area (Å²) in [4.78, 5) is 16.6. The van der Waals surface area contributed by atoms with E-state index >= 15 is 0 Å². The molecule has 0 saturated heterocycles. The fourth-order valence-corrected chi connectivity index (χ4v) is 4.84. The Bertz CT molecular complexity index is 1330. The van der Waals surface area contributed by atoms with Crippen LogP contribution in [0.3, 0.4) is 0 Å². The molecule has 1 atom stereocenters. The predicted molar refractivity (Wildman–Crippen MR) is 141 cm³/mol. The van der Waals surface area contributed by atoms with Crippen LogP contribution in [-0.2, 0) is 18.8 Å². The Hall–Kier alpha value is -3.58. The van der Waals surface area contributed by atoms with Crippen LogP contribution in [0, 0.1) is 11.7 Å². The Morgan fingerprint density at radius 3 is 2.61 bits per heavy atom. The summed E-state index contributed by atoms with van der Waals surface area (Å²) >= 11 is 1.85. The van der Waals surface area contributed by atoms with Gasteiger partial charge in [0.25, 0.3) is 0 Å². The Labute approximate surface area is 214 Å². The molecular formula is C29H28FNO4S. The van der Waals surface area contributed by atoms with Crippen molar-refractivity contribution in [2.75, 3.05) is 5.75 Å². The molecule has 0 aliphatic rings. The van der Waals surface area contributed by atoms with Gasteiger partial charge in [-0.1, -0.05) is 43.3 Å². The van der Waals surface area contributed by atoms with Gasteiger partial charge < -0.3 is 14.3 Å². The van der Waals surface area contributed by atoms with Gasteiger partial charge in [-0.25, -0.2) is 9.18 Å². The zero-order valence-corrected chi connectivity index (χ0v) is 20.8. The van der Waals surface area contributed by atoms with Crippen LogP contribution in [0.1, 0.15) is 30.0 Å². The smallest absolute Gasteiger partial charge is 0.343 e. The summed E-state index contributed by atoms with van der Waals surface area (Å²) in [6.07, 6.45) is 4.46. The molecule has 7 heteroatoms. The summed E-state index contributed by atoms with van der Waals surface area (Å²) in [6.45, 7) is 2.31. The van der Waals surface area contributed by atoms with Gasteiger partial charge in [0.1, 0.15) is 18.1 Å². The Morgan fingerprint density at radius 2 is 1.89 bits per heavy atom. The normalized spacial score (nSPS) is 11.8. The summed E-state index contributed by atoms with van der Waals surface area (Å²) in [7, 11) is 0. The van der Waals surface area contributed by atoms with Crippen LogP contribution in [0.15, 0.2) is 88.3 Å². The molecule has 0 bridgehead atoms. The van der Waals surface area contributed by atoms with Crippen molar-refractivity contribution in [3.05, 3.63) is 112 Å². The van der Waals surface area contributed by atoms with Crippen molar-refractivity contribution in [3.8, 4) is 22.8 Å². The van der Waals surface area contributed by atoms with Crippen LogP contribution in [-0.4, -0.2) is 15.8 Å². The lowest BCUT2D eigenvalue weighted by Crippen LogP contribution is -2.11. The third-order valence-electron chi connectivity index (χ3n) is 5.76. The van der Waals surface area contributed by atoms with Gasteiger partial charge in [0, 0.05) is 35.3 Å². The van der Waals surface area contributed by atoms with Crippen molar-refractivity contribution in [3.63, 3.8) is 0 Å². The number of hydrogen-bond donors (Lipinski definition) is 1. The highest BCUT2D eigenvalue weighted by molar-refractivity contribution is 7.98. The molecule has 4 rings (SSSR count). The molecule has 0 spiro atoms. The molecule has 0 amide bonds. The van der Waals surface area contributed by atoms with E-state index in [1.807, 2.05) is 36.0 Å². The van der Waals surface area contributed by atoms with E-state index in [1.54, 1.807) is 24.5 Å². The van der Waals surface area contributed by atoms with E-state index in [9.17, 15) is 14.3 Å². The molecule has 4 aromatic rings. The highest BCUT2D eigenvalue weighted by Crippen LogP contribution is 2.29. The summed E-state index contributed by atoms with van der Waals surface area (Å²) in [5.74, 6) is 1.71. The van der Waals surface area contributed by atoms with Crippen LogP contribution in [0.25, 0.3) is 11.3 Å². The molecule has 0 radical (unpaired) electrons. The first-order valence-electron chi connectivity index (χ1n) is 11.8. The Morgan fingerprint density at radius 1 is 1.08 bits per heavy atom. The van der Waals surface area contributed by atoms with Gasteiger partial charge in [-0.15, -0.1) is 0 Å². The molecule has 2 heterocycles. The largest absolute Gasteiger partial charge is 0.507 e. The molecule has 0 aliphatic heterocycles. The topological polar surface area (TPSA) is 72.6 Å². The first kappa shape index (κ1) is 25.5. The number of halogens is 1. The predicted octanol–water partition coefficient (Wildman–Crippen LogP) is 6.63. The van der Waals surface area contributed by atoms with Crippen LogP contribution in [0.4, 0.5) is 4.39 Å². The van der Waals surface area contributed by atoms with Gasteiger partial charge in [-0.2, -0.15) is 11.8 Å². The van der Waals surface area contributed by atoms with Gasteiger partial charge in [-0.3, -0.25) is 4.98 Å². The van der Waals surface area contributed by atoms with Crippen molar-refractivity contribution in [2.24, 2.45) is 5.92 Å². The van der Waals surface area contributed by atoms with E-state index in [4.69, 9.17) is 9.15 Å². The van der Waals surface area contributed by atoms with Crippen molar-refractivity contribution >= 4 is 11.8 Å². The molecule has 2 aromatic heterocycles. The maximum atomic E-state index is 14.6. The molecule has 5 nitrogen and oxygen atoms in total. The van der Waals surface area contributed by atoms with Gasteiger partial charge in [0.05, 0.1) is 5.56 Å². The van der Waals surface area contributed by atoms with Crippen LogP contribution in [0.5, 0.6) is 11.5 Å². The second-order valence-electron chi connectivity index (χ2n) is 8.70. The molecular weight excluding hydrogens is 477 g/mol. The van der Waals surface area contributed by atoms with E-state index < -0.39 is 11.4 Å². The molecule has 186 valence electrons. The zero-order valence-electron chi connectivity index (χ0n) is 20.0. The molecule has 0 aliphatic carbocycles. The zero-order chi connectivity index (χ0) is 25.3. The second kappa shape index (κ2) is 12.4. The van der Waals surface area contributed by atoms with Gasteiger partial charge >= 0.3 is 5.63 Å². The first-order valence-corrected chi connectivity index (χ1v) is 12.9. The minimum Gasteiger partial charge on any atom is -0.507 e. The van der Waals surface area contributed by atoms with E-state index in [-0.39, 0.29) is 29.4 Å². The number of aromatic nitrogens is 1. The number of thioether (sulfide) groups is 1. The quantitative estimate of drug-likeness (QED) is 0.247. The summed E-state index contributed by atoms with van der Waals surface area (Å²) in [5.41, 5.74) is 2.08. The van der Waals surface area contributed by atoms with Crippen LogP contribution >= 0.6 is 11.8 Å². The second-order valence-corrected chi connectivity index (χ2v) is 9.73. The van der Waals surface area contributed by atoms with Crippen molar-refractivity contribution in [1.82, 2.24) is 4.98 Å². The fourth-order valence-electron chi connectivity index (χ4n) is 3.72. The minimum atomic E-state index is -0.605. The maximum Gasteiger partial charge on any atom is 0.343 e. The molecule has 36 heavy (non-hydrogen) atoms.